The van der Waals surface area contributed by atoms with E-state index in [2.05, 4.69) is 6.58 Å². The second-order valence-corrected chi connectivity index (χ2v) is 10.1. The van der Waals surface area contributed by atoms with Crippen molar-refractivity contribution in [3.05, 3.63) is 41.9 Å². The normalized spacial score (nSPS) is 31.9. The quantitative estimate of drug-likeness (QED) is 0.410. The summed E-state index contributed by atoms with van der Waals surface area (Å²) < 4.78 is 11.9. The van der Waals surface area contributed by atoms with E-state index in [0.29, 0.717) is 30.0 Å². The number of carbonyl (C=O) groups excluding carboxylic acids is 3. The molecule has 8 nitrogen and oxygen atoms in total. The van der Waals surface area contributed by atoms with Gasteiger partial charge in [-0.05, 0) is 45.2 Å². The first-order chi connectivity index (χ1) is 16.7. The molecule has 2 bridgehead atoms. The molecule has 1 spiro atoms. The predicted molar refractivity (Wildman–Crippen MR) is 131 cm³/mol. The van der Waals surface area contributed by atoms with Crippen LogP contribution >= 0.6 is 11.6 Å². The van der Waals surface area contributed by atoms with Crippen LogP contribution in [0.5, 0.6) is 0 Å². The van der Waals surface area contributed by atoms with Gasteiger partial charge in [-0.3, -0.25) is 14.4 Å². The highest BCUT2D eigenvalue weighted by molar-refractivity contribution is 6.34. The van der Waals surface area contributed by atoms with Crippen molar-refractivity contribution in [1.82, 2.24) is 4.90 Å². The smallest absolute Gasteiger partial charge is 0.312 e. The number of carbonyl (C=O) groups is 3. The van der Waals surface area contributed by atoms with Gasteiger partial charge in [0.1, 0.15) is 17.6 Å². The summed E-state index contributed by atoms with van der Waals surface area (Å²) >= 11 is 6.46. The molecule has 1 aromatic rings. The molecule has 0 aromatic heterocycles. The summed E-state index contributed by atoms with van der Waals surface area (Å²) in [5, 5.41) is 10.5. The zero-order valence-corrected chi connectivity index (χ0v) is 21.2. The molecule has 4 rings (SSSR count). The third-order valence-electron chi connectivity index (χ3n) is 7.79. The number of benzene rings is 1. The van der Waals surface area contributed by atoms with Gasteiger partial charge in [-0.1, -0.05) is 36.7 Å². The van der Waals surface area contributed by atoms with Crippen LogP contribution in [-0.4, -0.2) is 70.8 Å². The molecule has 1 aromatic carbocycles. The number of halogens is 1. The van der Waals surface area contributed by atoms with Crippen molar-refractivity contribution in [2.75, 3.05) is 24.7 Å². The molecule has 1 N–H and O–H groups in total. The largest absolute Gasteiger partial charge is 0.466 e. The van der Waals surface area contributed by atoms with Crippen LogP contribution in [0.15, 0.2) is 36.9 Å². The fourth-order valence-corrected chi connectivity index (χ4v) is 6.53. The fraction of sp³-hybridized carbons (Fsp3) is 0.577. The Morgan fingerprint density at radius 1 is 1.37 bits per heavy atom. The van der Waals surface area contributed by atoms with Gasteiger partial charge in [0, 0.05) is 6.54 Å². The summed E-state index contributed by atoms with van der Waals surface area (Å²) in [7, 11) is 0. The maximum Gasteiger partial charge on any atom is 0.312 e. The van der Waals surface area contributed by atoms with Crippen molar-refractivity contribution in [3.63, 3.8) is 0 Å². The van der Waals surface area contributed by atoms with Crippen molar-refractivity contribution in [2.45, 2.75) is 63.3 Å². The van der Waals surface area contributed by atoms with E-state index in [9.17, 15) is 19.5 Å². The van der Waals surface area contributed by atoms with Crippen LogP contribution in [0.4, 0.5) is 5.69 Å². The first kappa shape index (κ1) is 25.7. The molecule has 0 aliphatic carbocycles. The lowest BCUT2D eigenvalue weighted by Gasteiger charge is -2.39. The van der Waals surface area contributed by atoms with Crippen LogP contribution in [0.25, 0.3) is 0 Å². The number of nitrogens with zero attached hydrogens (tertiary/aromatic N) is 2. The molecule has 3 fully saturated rings. The van der Waals surface area contributed by atoms with Crippen LogP contribution < -0.4 is 4.90 Å². The van der Waals surface area contributed by atoms with Crippen molar-refractivity contribution < 1.29 is 29.0 Å². The lowest BCUT2D eigenvalue weighted by Crippen LogP contribution is -2.59. The number of ether oxygens (including phenoxy) is 2. The number of fused-ring (bicyclic) bond motifs is 1. The highest BCUT2D eigenvalue weighted by atomic mass is 35.5. The molecule has 0 radical (unpaired) electrons. The predicted octanol–water partition coefficient (Wildman–Crippen LogP) is 2.96. The number of likely N-dealkylation sites (tertiary alicyclic amines) is 1. The van der Waals surface area contributed by atoms with Crippen LogP contribution in [0.2, 0.25) is 5.02 Å². The van der Waals surface area contributed by atoms with Gasteiger partial charge in [-0.15, -0.1) is 6.58 Å². The summed E-state index contributed by atoms with van der Waals surface area (Å²) in [4.78, 5) is 44.4. The van der Waals surface area contributed by atoms with Gasteiger partial charge in [0.2, 0.25) is 5.91 Å². The van der Waals surface area contributed by atoms with E-state index < -0.39 is 41.1 Å². The Morgan fingerprint density at radius 3 is 2.69 bits per heavy atom. The Labute approximate surface area is 210 Å². The zero-order chi connectivity index (χ0) is 25.5. The second kappa shape index (κ2) is 9.56. The number of esters is 1. The van der Waals surface area contributed by atoms with E-state index in [-0.39, 0.29) is 31.6 Å². The number of anilines is 1. The van der Waals surface area contributed by atoms with E-state index in [0.717, 1.165) is 0 Å². The number of rotatable bonds is 9. The topological polar surface area (TPSA) is 96.4 Å². The van der Waals surface area contributed by atoms with Crippen LogP contribution in [0, 0.1) is 11.8 Å². The van der Waals surface area contributed by atoms with Crippen molar-refractivity contribution >= 4 is 35.1 Å². The number of aliphatic hydroxyl groups is 1. The van der Waals surface area contributed by atoms with Gasteiger partial charge in [0.25, 0.3) is 5.91 Å². The Morgan fingerprint density at radius 2 is 2.09 bits per heavy atom. The molecule has 6 atom stereocenters. The lowest BCUT2D eigenvalue weighted by molar-refractivity contribution is -0.160. The Balaban J connectivity index is 1.86. The molecule has 3 aliphatic heterocycles. The first-order valence-corrected chi connectivity index (χ1v) is 12.5. The summed E-state index contributed by atoms with van der Waals surface area (Å²) in [6.45, 7) is 9.21. The van der Waals surface area contributed by atoms with Crippen LogP contribution in [0.3, 0.4) is 0 Å². The van der Waals surface area contributed by atoms with Gasteiger partial charge in [0.15, 0.2) is 0 Å². The zero-order valence-electron chi connectivity index (χ0n) is 20.4. The molecule has 9 heteroatoms. The molecule has 3 saturated heterocycles. The van der Waals surface area contributed by atoms with Crippen LogP contribution in [0.1, 0.15) is 40.0 Å². The molecular formula is C26H33ClN2O6. The molecule has 2 amide bonds. The molecular weight excluding hydrogens is 472 g/mol. The van der Waals surface area contributed by atoms with Gasteiger partial charge >= 0.3 is 5.97 Å². The van der Waals surface area contributed by atoms with E-state index >= 15 is 0 Å². The van der Waals surface area contributed by atoms with Crippen LogP contribution in [-0.2, 0) is 23.9 Å². The van der Waals surface area contributed by atoms with Crippen molar-refractivity contribution in [1.29, 1.82) is 0 Å². The first-order valence-electron chi connectivity index (χ1n) is 12.2. The summed E-state index contributed by atoms with van der Waals surface area (Å²) in [5.74, 6) is -2.92. The molecule has 2 unspecified atom stereocenters. The average molecular weight is 505 g/mol. The third-order valence-corrected chi connectivity index (χ3v) is 8.10. The van der Waals surface area contributed by atoms with E-state index in [1.165, 1.54) is 9.80 Å². The standard InChI is InChI=1S/C26H33ClN2O6/c1-5-14-28(18-11-9-8-10-17(18)27)23(32)21-26-13-12-25(4,35-26)20(24(33)34-7-3)19(26)22(31)29(21)16(6-2)15-30/h5,8-11,16,19-21,30H,1,6-7,12-15H2,2-4H3/t16-,19-,20+,21?,25-,26?/m0/s1. The number of hydrogen-bond acceptors (Lipinski definition) is 6. The Hall–Kier alpha value is -2.42. The highest BCUT2D eigenvalue weighted by Gasteiger charge is 2.79. The molecule has 190 valence electrons. The van der Waals surface area contributed by atoms with Crippen molar-refractivity contribution in [3.8, 4) is 0 Å². The highest BCUT2D eigenvalue weighted by Crippen LogP contribution is 2.63. The second-order valence-electron chi connectivity index (χ2n) is 9.66. The Bertz CT molecular complexity index is 1030. The molecule has 3 heterocycles. The molecule has 3 aliphatic rings. The van der Waals surface area contributed by atoms with E-state index in [1.807, 2.05) is 13.8 Å². The van der Waals surface area contributed by atoms with Gasteiger partial charge in [-0.2, -0.15) is 0 Å². The monoisotopic (exact) mass is 504 g/mol. The van der Waals surface area contributed by atoms with E-state index in [4.69, 9.17) is 21.1 Å². The minimum atomic E-state index is -1.20. The molecule has 35 heavy (non-hydrogen) atoms. The Kier molecular flexibility index (Phi) is 7.01. The summed E-state index contributed by atoms with van der Waals surface area (Å²) in [6, 6.07) is 5.34. The maximum absolute atomic E-state index is 14.4. The average Bonchev–Trinajstić information content (AvgIpc) is 3.40. The summed E-state index contributed by atoms with van der Waals surface area (Å²) in [5.41, 5.74) is -1.63. The minimum Gasteiger partial charge on any atom is -0.466 e. The molecule has 0 saturated carbocycles. The SMILES string of the molecule is C=CCN(C(=O)C1N([C@@H](CC)CO)C(=O)[C@@H]2[C@H](C(=O)OCC)[C@]3(C)CCC12O3)c1ccccc1Cl. The lowest BCUT2D eigenvalue weighted by atomic mass is 9.66. The number of para-hydroxylation sites is 1. The number of aliphatic hydroxyl groups excluding tert-OH is 1. The summed E-state index contributed by atoms with van der Waals surface area (Å²) in [6.07, 6.45) is 2.98. The third kappa shape index (κ3) is 3.77. The van der Waals surface area contributed by atoms with E-state index in [1.54, 1.807) is 37.3 Å². The fourth-order valence-electron chi connectivity index (χ4n) is 6.29. The van der Waals surface area contributed by atoms with Gasteiger partial charge in [-0.25, -0.2) is 0 Å². The minimum absolute atomic E-state index is 0.163. The maximum atomic E-state index is 14.4. The van der Waals surface area contributed by atoms with Crippen molar-refractivity contribution in [2.24, 2.45) is 11.8 Å². The van der Waals surface area contributed by atoms with Gasteiger partial charge < -0.3 is 24.4 Å². The number of hydrogen-bond donors (Lipinski definition) is 1. The van der Waals surface area contributed by atoms with Gasteiger partial charge in [0.05, 0.1) is 41.5 Å². The number of amides is 2.